The summed E-state index contributed by atoms with van der Waals surface area (Å²) >= 11 is 0. The Labute approximate surface area is 233 Å². The molecule has 3 nitrogen and oxygen atoms in total. The van der Waals surface area contributed by atoms with E-state index >= 15 is 0 Å². The van der Waals surface area contributed by atoms with Crippen molar-refractivity contribution in [3.8, 4) is 33.8 Å². The van der Waals surface area contributed by atoms with E-state index in [9.17, 15) is 0 Å². The number of allylic oxidation sites excluding steroid dienone is 6. The van der Waals surface area contributed by atoms with Crippen LogP contribution in [0.5, 0.6) is 0 Å². The van der Waals surface area contributed by atoms with Crippen LogP contribution in [0.2, 0.25) is 0 Å². The number of hydrogen-bond acceptors (Lipinski definition) is 3. The molecule has 0 radical (unpaired) electrons. The number of nitrogens with zero attached hydrogens (tertiary/aromatic N) is 3. The molecule has 3 heteroatoms. The second-order valence-corrected chi connectivity index (χ2v) is 10.5. The molecule has 0 aliphatic heterocycles. The third-order valence-electron chi connectivity index (χ3n) is 8.18. The fourth-order valence-electron chi connectivity index (χ4n) is 6.27. The second-order valence-electron chi connectivity index (χ2n) is 10.5. The summed E-state index contributed by atoms with van der Waals surface area (Å²) in [6.45, 7) is 0. The lowest BCUT2D eigenvalue weighted by atomic mass is 9.66. The Bertz CT molecular complexity index is 1900. The lowest BCUT2D eigenvalue weighted by Crippen LogP contribution is -2.23. The van der Waals surface area contributed by atoms with E-state index in [1.165, 1.54) is 27.8 Å². The van der Waals surface area contributed by atoms with Gasteiger partial charge in [-0.3, -0.25) is 4.98 Å². The maximum atomic E-state index is 5.23. The first-order chi connectivity index (χ1) is 19.8. The summed E-state index contributed by atoms with van der Waals surface area (Å²) in [6, 6.07) is 31.7. The Kier molecular flexibility index (Phi) is 5.27. The summed E-state index contributed by atoms with van der Waals surface area (Å²) in [5, 5.41) is 0. The van der Waals surface area contributed by atoms with Crippen molar-refractivity contribution < 1.29 is 0 Å². The van der Waals surface area contributed by atoms with Gasteiger partial charge in [0.2, 0.25) is 0 Å². The van der Waals surface area contributed by atoms with Crippen LogP contribution in [0.1, 0.15) is 28.3 Å². The van der Waals surface area contributed by atoms with Gasteiger partial charge in [-0.05, 0) is 63.2 Å². The van der Waals surface area contributed by atoms with Crippen molar-refractivity contribution in [2.75, 3.05) is 0 Å². The Morgan fingerprint density at radius 3 is 2.17 bits per heavy atom. The molecule has 0 spiro atoms. The Morgan fingerprint density at radius 2 is 1.30 bits per heavy atom. The van der Waals surface area contributed by atoms with Crippen LogP contribution in [0.4, 0.5) is 0 Å². The summed E-state index contributed by atoms with van der Waals surface area (Å²) in [6.07, 6.45) is 17.4. The minimum Gasteiger partial charge on any atom is -0.265 e. The maximum absolute atomic E-state index is 5.23. The van der Waals surface area contributed by atoms with Crippen LogP contribution in [0.15, 0.2) is 133 Å². The first-order valence-corrected chi connectivity index (χ1v) is 13.7. The third kappa shape index (κ3) is 3.78. The third-order valence-corrected chi connectivity index (χ3v) is 8.18. The molecule has 5 aromatic rings. The van der Waals surface area contributed by atoms with Gasteiger partial charge in [0.25, 0.3) is 0 Å². The summed E-state index contributed by atoms with van der Waals surface area (Å²) in [5.74, 6) is 1.25. The fourth-order valence-corrected chi connectivity index (χ4v) is 6.27. The monoisotopic (exact) mass is 511 g/mol. The molecule has 2 atom stereocenters. The van der Waals surface area contributed by atoms with Crippen molar-refractivity contribution in [1.82, 2.24) is 15.0 Å². The smallest absolute Gasteiger partial charge is 0.160 e. The molecule has 0 fully saturated rings. The second kappa shape index (κ2) is 9.25. The van der Waals surface area contributed by atoms with E-state index in [1.807, 2.05) is 30.6 Å². The zero-order valence-corrected chi connectivity index (χ0v) is 21.8. The van der Waals surface area contributed by atoms with Crippen molar-refractivity contribution in [3.05, 3.63) is 156 Å². The van der Waals surface area contributed by atoms with Gasteiger partial charge in [-0.25, -0.2) is 9.97 Å². The zero-order valence-electron chi connectivity index (χ0n) is 21.8. The highest BCUT2D eigenvalue weighted by atomic mass is 14.9. The molecule has 188 valence electrons. The summed E-state index contributed by atoms with van der Waals surface area (Å²) in [4.78, 5) is 14.5. The largest absolute Gasteiger partial charge is 0.265 e. The van der Waals surface area contributed by atoms with Crippen LogP contribution in [0, 0.1) is 5.92 Å². The summed E-state index contributed by atoms with van der Waals surface area (Å²) in [5.41, 5.74) is 12.9. The van der Waals surface area contributed by atoms with E-state index in [4.69, 9.17) is 9.97 Å². The van der Waals surface area contributed by atoms with Crippen LogP contribution in [0.25, 0.3) is 51.5 Å². The van der Waals surface area contributed by atoms with Crippen LogP contribution in [-0.2, 0) is 0 Å². The van der Waals surface area contributed by atoms with E-state index < -0.39 is 0 Å². The molecule has 0 saturated carbocycles. The standard InChI is InChI=1S/C37H25N3/c1-2-6-25(7-3-1)33-23-34(40-37(39-33)30-11-5-10-29(22-30)24-18-20-38-21-19-24)31-16-14-28-13-12-26-8-4-9-27-15-17-32(31)36(28)35(26)27/h1-23,32,36H. The van der Waals surface area contributed by atoms with Gasteiger partial charge in [0, 0.05) is 35.4 Å². The van der Waals surface area contributed by atoms with Gasteiger partial charge < -0.3 is 0 Å². The van der Waals surface area contributed by atoms with Crippen molar-refractivity contribution in [3.63, 3.8) is 0 Å². The molecule has 0 bridgehead atoms. The number of hydrogen-bond donors (Lipinski definition) is 0. The molecule has 0 N–H and O–H groups in total. The highest BCUT2D eigenvalue weighted by Crippen LogP contribution is 2.51. The summed E-state index contributed by atoms with van der Waals surface area (Å²) in [7, 11) is 0. The fraction of sp³-hybridized carbons (Fsp3) is 0.0541. The normalized spacial score (nSPS) is 18.1. The van der Waals surface area contributed by atoms with E-state index in [2.05, 4.69) is 114 Å². The molecule has 3 aliphatic carbocycles. The lowest BCUT2D eigenvalue weighted by molar-refractivity contribution is 0.678. The molecular weight excluding hydrogens is 486 g/mol. The number of pyridine rings is 1. The number of rotatable bonds is 4. The molecule has 8 rings (SSSR count). The predicted molar refractivity (Wildman–Crippen MR) is 163 cm³/mol. The van der Waals surface area contributed by atoms with Crippen molar-refractivity contribution in [2.24, 2.45) is 5.92 Å². The van der Waals surface area contributed by atoms with Crippen LogP contribution in [0.3, 0.4) is 0 Å². The highest BCUT2D eigenvalue weighted by Gasteiger charge is 2.36. The maximum Gasteiger partial charge on any atom is 0.160 e. The van der Waals surface area contributed by atoms with E-state index in [-0.39, 0.29) is 5.92 Å². The predicted octanol–water partition coefficient (Wildman–Crippen LogP) is 8.65. The van der Waals surface area contributed by atoms with E-state index in [0.29, 0.717) is 5.92 Å². The SMILES string of the molecule is C1=Cc2cccc3c2C2C1=CC=C(c1cc(-c4ccccc4)nc(-c4cccc(-c5ccncc5)c4)n1)C2C=C3. The summed E-state index contributed by atoms with van der Waals surface area (Å²) < 4.78 is 0. The zero-order chi connectivity index (χ0) is 26.5. The van der Waals surface area contributed by atoms with Gasteiger partial charge in [-0.2, -0.15) is 0 Å². The average Bonchev–Trinajstić information content (AvgIpc) is 3.04. The Hall–Kier alpha value is -5.15. The minimum absolute atomic E-state index is 0.216. The molecule has 2 unspecified atom stereocenters. The minimum atomic E-state index is 0.216. The van der Waals surface area contributed by atoms with Crippen molar-refractivity contribution in [2.45, 2.75) is 5.92 Å². The first kappa shape index (κ1) is 22.8. The first-order valence-electron chi connectivity index (χ1n) is 13.7. The lowest BCUT2D eigenvalue weighted by Gasteiger charge is -2.37. The van der Waals surface area contributed by atoms with Gasteiger partial charge in [0.15, 0.2) is 5.82 Å². The van der Waals surface area contributed by atoms with Gasteiger partial charge in [0.1, 0.15) is 0 Å². The van der Waals surface area contributed by atoms with E-state index in [1.54, 1.807) is 0 Å². The van der Waals surface area contributed by atoms with Gasteiger partial charge >= 0.3 is 0 Å². The molecule has 40 heavy (non-hydrogen) atoms. The highest BCUT2D eigenvalue weighted by molar-refractivity contribution is 5.83. The van der Waals surface area contributed by atoms with Crippen molar-refractivity contribution in [1.29, 1.82) is 0 Å². The molecule has 2 aromatic heterocycles. The quantitative estimate of drug-likeness (QED) is 0.242. The number of benzene rings is 3. The molecule has 0 amide bonds. The van der Waals surface area contributed by atoms with Crippen molar-refractivity contribution >= 4 is 17.7 Å². The Balaban J connectivity index is 1.29. The number of aromatic nitrogens is 3. The van der Waals surface area contributed by atoms with Gasteiger partial charge in [-0.1, -0.05) is 103 Å². The molecule has 3 aromatic carbocycles. The Morgan fingerprint density at radius 1 is 0.550 bits per heavy atom. The van der Waals surface area contributed by atoms with Crippen LogP contribution in [-0.4, -0.2) is 15.0 Å². The molecule has 3 aliphatic rings. The van der Waals surface area contributed by atoms with E-state index in [0.717, 1.165) is 39.5 Å². The van der Waals surface area contributed by atoms with Crippen LogP contribution >= 0.6 is 0 Å². The van der Waals surface area contributed by atoms with Gasteiger partial charge in [0.05, 0.1) is 11.4 Å². The molecule has 2 heterocycles. The van der Waals surface area contributed by atoms with Crippen LogP contribution < -0.4 is 0 Å². The molecule has 0 saturated heterocycles. The topological polar surface area (TPSA) is 38.7 Å². The van der Waals surface area contributed by atoms with Gasteiger partial charge in [-0.15, -0.1) is 0 Å². The average molecular weight is 512 g/mol. The molecular formula is C37H25N3.